The molecule has 1 aliphatic heterocycles. The molecule has 0 saturated carbocycles. The number of nitrogens with zero attached hydrogens (tertiary/aromatic N) is 4. The first kappa shape index (κ1) is 26.9. The molecule has 0 bridgehead atoms. The molecule has 3 heterocycles. The zero-order chi connectivity index (χ0) is 26.2. The first-order valence-corrected chi connectivity index (χ1v) is 14.0. The van der Waals surface area contributed by atoms with Gasteiger partial charge in [0.15, 0.2) is 0 Å². The third kappa shape index (κ3) is 7.22. The Balaban J connectivity index is 1.56. The Hall–Kier alpha value is -3.12. The van der Waals surface area contributed by atoms with Gasteiger partial charge in [-0.3, -0.25) is 4.68 Å². The fourth-order valence-corrected chi connectivity index (χ4v) is 5.21. The van der Waals surface area contributed by atoms with E-state index in [1.54, 1.807) is 0 Å². The second-order valence-electron chi connectivity index (χ2n) is 10.5. The van der Waals surface area contributed by atoms with Crippen LogP contribution in [0, 0.1) is 5.92 Å². The second-order valence-corrected chi connectivity index (χ2v) is 10.5. The maximum absolute atomic E-state index is 6.32. The summed E-state index contributed by atoms with van der Waals surface area (Å²) in [5.74, 6) is 1.79. The van der Waals surface area contributed by atoms with Gasteiger partial charge in [0.05, 0.1) is 11.4 Å². The van der Waals surface area contributed by atoms with Gasteiger partial charge in [-0.1, -0.05) is 45.1 Å². The predicted octanol–water partition coefficient (Wildman–Crippen LogP) is 6.18. The van der Waals surface area contributed by atoms with Crippen molar-refractivity contribution < 1.29 is 0 Å². The van der Waals surface area contributed by atoms with E-state index in [0.29, 0.717) is 11.7 Å². The molecule has 1 fully saturated rings. The van der Waals surface area contributed by atoms with Gasteiger partial charge in [0.25, 0.3) is 0 Å². The molecule has 0 amide bonds. The molecule has 1 saturated heterocycles. The molecule has 0 radical (unpaired) electrons. The topological polar surface area (TPSA) is 72.0 Å². The Morgan fingerprint density at radius 2 is 2.00 bits per heavy atom. The van der Waals surface area contributed by atoms with E-state index in [1.807, 2.05) is 19.1 Å². The van der Waals surface area contributed by atoms with Gasteiger partial charge in [-0.05, 0) is 106 Å². The van der Waals surface area contributed by atoms with Crippen LogP contribution in [-0.2, 0) is 19.4 Å². The minimum Gasteiger partial charge on any atom is -0.385 e. The Morgan fingerprint density at radius 1 is 1.19 bits per heavy atom. The number of anilines is 1. The Bertz CT molecular complexity index is 1170. The van der Waals surface area contributed by atoms with Gasteiger partial charge >= 0.3 is 0 Å². The van der Waals surface area contributed by atoms with E-state index < -0.39 is 0 Å². The second kappa shape index (κ2) is 12.9. The van der Waals surface area contributed by atoms with E-state index in [9.17, 15) is 0 Å². The van der Waals surface area contributed by atoms with Crippen LogP contribution in [0.4, 0.5) is 5.82 Å². The monoisotopic (exact) mass is 500 g/mol. The van der Waals surface area contributed by atoms with Crippen molar-refractivity contribution in [2.24, 2.45) is 11.7 Å². The molecular weight excluding hydrogens is 456 g/mol. The van der Waals surface area contributed by atoms with Crippen molar-refractivity contribution in [1.82, 2.24) is 19.7 Å². The molecule has 0 aromatic carbocycles. The normalized spacial score (nSPS) is 19.3. The summed E-state index contributed by atoms with van der Waals surface area (Å²) in [7, 11) is 0. The van der Waals surface area contributed by atoms with Crippen molar-refractivity contribution in [1.29, 1.82) is 0 Å². The van der Waals surface area contributed by atoms with Crippen molar-refractivity contribution in [3.63, 3.8) is 0 Å². The minimum atomic E-state index is 0.417. The molecule has 6 nitrogen and oxygen atoms in total. The summed E-state index contributed by atoms with van der Waals surface area (Å²) >= 11 is 0. The van der Waals surface area contributed by atoms with Crippen LogP contribution in [0.2, 0.25) is 0 Å². The fourth-order valence-electron chi connectivity index (χ4n) is 5.21. The quantitative estimate of drug-likeness (QED) is 0.381. The maximum Gasteiger partial charge on any atom is 0.132 e. The van der Waals surface area contributed by atoms with Crippen LogP contribution in [0.25, 0.3) is 11.6 Å². The van der Waals surface area contributed by atoms with Crippen molar-refractivity contribution in [2.75, 3.05) is 25.0 Å². The summed E-state index contributed by atoms with van der Waals surface area (Å²) in [6.07, 6.45) is 19.8. The number of nitrogens with two attached hydrogens (primary N) is 1. The molecule has 37 heavy (non-hydrogen) atoms. The van der Waals surface area contributed by atoms with Crippen molar-refractivity contribution >= 4 is 17.5 Å². The molecule has 2 aromatic heterocycles. The lowest BCUT2D eigenvalue weighted by molar-refractivity contribution is 0.322. The fraction of sp³-hybridized carbons (Fsp3) is 0.484. The number of aryl methyl sites for hydroxylation is 3. The zero-order valence-corrected chi connectivity index (χ0v) is 23.1. The first-order chi connectivity index (χ1) is 18.0. The number of aromatic nitrogens is 3. The van der Waals surface area contributed by atoms with E-state index in [2.05, 4.69) is 72.2 Å². The number of fused-ring (bicyclic) bond motifs is 1. The van der Waals surface area contributed by atoms with E-state index >= 15 is 0 Å². The van der Waals surface area contributed by atoms with Crippen LogP contribution >= 0.6 is 0 Å². The highest BCUT2D eigenvalue weighted by Crippen LogP contribution is 2.28. The third-order valence-electron chi connectivity index (χ3n) is 7.32. The van der Waals surface area contributed by atoms with Gasteiger partial charge in [0.2, 0.25) is 0 Å². The van der Waals surface area contributed by atoms with Gasteiger partial charge < -0.3 is 16.0 Å². The lowest BCUT2D eigenvalue weighted by Crippen LogP contribution is -2.21. The average molecular weight is 501 g/mol. The van der Waals surface area contributed by atoms with Gasteiger partial charge in [-0.25, -0.2) is 4.98 Å². The van der Waals surface area contributed by atoms with Crippen LogP contribution in [-0.4, -0.2) is 39.3 Å². The summed E-state index contributed by atoms with van der Waals surface area (Å²) in [4.78, 5) is 7.54. The van der Waals surface area contributed by atoms with E-state index in [1.165, 1.54) is 48.2 Å². The summed E-state index contributed by atoms with van der Waals surface area (Å²) in [5.41, 5.74) is 13.3. The van der Waals surface area contributed by atoms with Crippen LogP contribution in [0.15, 0.2) is 54.0 Å². The molecule has 2 aromatic rings. The van der Waals surface area contributed by atoms with Crippen LogP contribution < -0.4 is 11.1 Å². The number of hydrogen-bond acceptors (Lipinski definition) is 5. The van der Waals surface area contributed by atoms with Crippen molar-refractivity contribution in [2.45, 2.75) is 72.8 Å². The molecule has 2 aliphatic rings. The number of nitrogens with one attached hydrogen (secondary N) is 1. The number of pyridine rings is 1. The Labute approximate surface area is 223 Å². The van der Waals surface area contributed by atoms with Gasteiger partial charge in [-0.15, -0.1) is 0 Å². The number of hydrogen-bond donors (Lipinski definition) is 2. The van der Waals surface area contributed by atoms with Crippen LogP contribution in [0.5, 0.6) is 0 Å². The molecule has 6 heteroatoms. The third-order valence-corrected chi connectivity index (χ3v) is 7.32. The summed E-state index contributed by atoms with van der Waals surface area (Å²) < 4.78 is 2.14. The molecule has 0 unspecified atom stereocenters. The van der Waals surface area contributed by atoms with Crippen LogP contribution in [0.3, 0.4) is 0 Å². The lowest BCUT2D eigenvalue weighted by Gasteiger charge is -2.14. The lowest BCUT2D eigenvalue weighted by atomic mass is 9.97. The Kier molecular flexibility index (Phi) is 9.40. The molecule has 4 rings (SSSR count). The highest BCUT2D eigenvalue weighted by Gasteiger charge is 2.15. The highest BCUT2D eigenvalue weighted by molar-refractivity contribution is 5.88. The minimum absolute atomic E-state index is 0.417. The molecule has 3 N–H and O–H groups in total. The molecule has 0 spiro atoms. The molecule has 1 aliphatic carbocycles. The standard InChI is InChI=1S/C31H44N6/c1-5-24(23(3)4)21-30(32)34-31-15-14-25-12-7-8-13-26(20-29(25)33-31)27-22-37(35-28(27)6-2)19-11-18-36-16-9-10-17-36/h5,8,13-15,20-23H,6-7,9-12,16-19,32H2,1-4H3,(H,33,34)/b13-8+,24-5+,26-20+,30-21+. The average Bonchev–Trinajstić information content (AvgIpc) is 3.53. The van der Waals surface area contributed by atoms with E-state index in [4.69, 9.17) is 15.8 Å². The van der Waals surface area contributed by atoms with E-state index in [0.717, 1.165) is 56.0 Å². The van der Waals surface area contributed by atoms with Gasteiger partial charge in [-0.2, -0.15) is 5.10 Å². The number of rotatable bonds is 10. The largest absolute Gasteiger partial charge is 0.385 e. The summed E-state index contributed by atoms with van der Waals surface area (Å²) in [6, 6.07) is 4.20. The summed E-state index contributed by atoms with van der Waals surface area (Å²) in [5, 5.41) is 8.24. The molecule has 198 valence electrons. The molecular formula is C31H44N6. The van der Waals surface area contributed by atoms with Crippen LogP contribution in [0.1, 0.15) is 75.9 Å². The highest BCUT2D eigenvalue weighted by atomic mass is 15.3. The van der Waals surface area contributed by atoms with Gasteiger partial charge in [0, 0.05) is 18.3 Å². The SMILES string of the molecule is C/C=C(\C=C(/N)Nc1ccc2c(n1)/C=C(c1cn(CCCN3CCCC3)nc1CC)\C=C\CC2)C(C)C. The first-order valence-electron chi connectivity index (χ1n) is 14.0. The maximum atomic E-state index is 6.32. The smallest absolute Gasteiger partial charge is 0.132 e. The number of allylic oxidation sites excluding steroid dienone is 6. The Morgan fingerprint density at radius 3 is 2.73 bits per heavy atom. The number of likely N-dealkylation sites (tertiary alicyclic amines) is 1. The summed E-state index contributed by atoms with van der Waals surface area (Å²) in [6.45, 7) is 13.2. The van der Waals surface area contributed by atoms with Crippen molar-refractivity contribution in [3.05, 3.63) is 76.5 Å². The predicted molar refractivity (Wildman–Crippen MR) is 156 cm³/mol. The van der Waals surface area contributed by atoms with Gasteiger partial charge in [0.1, 0.15) is 11.6 Å². The zero-order valence-electron chi connectivity index (χ0n) is 23.1. The van der Waals surface area contributed by atoms with Crippen molar-refractivity contribution in [3.8, 4) is 0 Å². The van der Waals surface area contributed by atoms with E-state index in [-0.39, 0.29) is 0 Å². The molecule has 0 atom stereocenters.